The van der Waals surface area contributed by atoms with Gasteiger partial charge in [0.15, 0.2) is 0 Å². The van der Waals surface area contributed by atoms with Gasteiger partial charge in [-0.1, -0.05) is 13.3 Å². The summed E-state index contributed by atoms with van der Waals surface area (Å²) in [5, 5.41) is 8.68. The van der Waals surface area contributed by atoms with E-state index in [0.29, 0.717) is 6.61 Å². The topological polar surface area (TPSA) is 23.5 Å². The molecule has 0 heterocycles. The smallest absolute Gasteiger partial charge is 0.0443 e. The zero-order valence-corrected chi connectivity index (χ0v) is 9.39. The van der Waals surface area contributed by atoms with Crippen molar-refractivity contribution in [1.29, 1.82) is 0 Å². The summed E-state index contributed by atoms with van der Waals surface area (Å²) in [6.07, 6.45) is 4.47. The number of rotatable bonds is 9. The minimum atomic E-state index is 0.304. The molecule has 0 unspecified atom stereocenters. The average molecular weight is 208 g/mol. The summed E-state index contributed by atoms with van der Waals surface area (Å²) in [6, 6.07) is 0. The molecule has 2 nitrogen and oxygen atoms in total. The first-order valence-corrected chi connectivity index (χ1v) is 5.77. The molecule has 0 aromatic carbocycles. The van der Waals surface area contributed by atoms with E-state index in [2.05, 4.69) is 11.8 Å². The average Bonchev–Trinajstić information content (AvgIpc) is 2.17. The Bertz CT molecular complexity index is 101. The van der Waals surface area contributed by atoms with Gasteiger partial charge in [-0.15, -0.1) is 11.6 Å². The second-order valence-electron chi connectivity index (χ2n) is 3.26. The SMILES string of the molecule is CCN(CCCO)CCCCCCl. The van der Waals surface area contributed by atoms with Crippen molar-refractivity contribution in [3.8, 4) is 0 Å². The molecule has 80 valence electrons. The fraction of sp³-hybridized carbons (Fsp3) is 1.00. The van der Waals surface area contributed by atoms with Crippen LogP contribution in [-0.2, 0) is 0 Å². The third-order valence-electron chi connectivity index (χ3n) is 2.19. The number of halogens is 1. The molecule has 0 rings (SSSR count). The zero-order valence-electron chi connectivity index (χ0n) is 8.64. The van der Waals surface area contributed by atoms with Crippen LogP contribution in [0, 0.1) is 0 Å². The molecule has 0 radical (unpaired) electrons. The van der Waals surface area contributed by atoms with Crippen LogP contribution in [0.25, 0.3) is 0 Å². The lowest BCUT2D eigenvalue weighted by atomic mass is 10.2. The summed E-state index contributed by atoms with van der Waals surface area (Å²) >= 11 is 5.59. The molecule has 1 N–H and O–H groups in total. The van der Waals surface area contributed by atoms with E-state index in [-0.39, 0.29) is 0 Å². The third-order valence-corrected chi connectivity index (χ3v) is 2.45. The molecule has 0 aliphatic rings. The molecule has 0 aliphatic carbocycles. The quantitative estimate of drug-likeness (QED) is 0.463. The monoisotopic (exact) mass is 207 g/mol. The maximum atomic E-state index is 8.68. The minimum absolute atomic E-state index is 0.304. The summed E-state index contributed by atoms with van der Waals surface area (Å²) in [5.74, 6) is 0.781. The summed E-state index contributed by atoms with van der Waals surface area (Å²) in [7, 11) is 0. The van der Waals surface area contributed by atoms with Crippen molar-refractivity contribution in [1.82, 2.24) is 4.90 Å². The molecular weight excluding hydrogens is 186 g/mol. The van der Waals surface area contributed by atoms with Crippen LogP contribution in [0.1, 0.15) is 32.6 Å². The van der Waals surface area contributed by atoms with Gasteiger partial charge in [-0.3, -0.25) is 0 Å². The molecule has 0 aliphatic heterocycles. The highest BCUT2D eigenvalue weighted by atomic mass is 35.5. The van der Waals surface area contributed by atoms with Crippen molar-refractivity contribution in [3.05, 3.63) is 0 Å². The maximum absolute atomic E-state index is 8.68. The Labute approximate surface area is 86.9 Å². The first-order chi connectivity index (χ1) is 6.35. The van der Waals surface area contributed by atoms with Crippen molar-refractivity contribution in [2.75, 3.05) is 32.1 Å². The van der Waals surface area contributed by atoms with E-state index in [1.165, 1.54) is 12.8 Å². The molecule has 0 aromatic heterocycles. The molecule has 0 fully saturated rings. The van der Waals surface area contributed by atoms with Gasteiger partial charge in [0.2, 0.25) is 0 Å². The van der Waals surface area contributed by atoms with Crippen molar-refractivity contribution < 1.29 is 5.11 Å². The van der Waals surface area contributed by atoms with Gasteiger partial charge in [-0.05, 0) is 32.4 Å². The van der Waals surface area contributed by atoms with E-state index in [4.69, 9.17) is 16.7 Å². The lowest BCUT2D eigenvalue weighted by Gasteiger charge is -2.19. The Hall–Kier alpha value is 0.210. The van der Waals surface area contributed by atoms with E-state index < -0.39 is 0 Å². The second kappa shape index (κ2) is 10.3. The normalized spacial score (nSPS) is 11.1. The zero-order chi connectivity index (χ0) is 9.94. The maximum Gasteiger partial charge on any atom is 0.0443 e. The van der Waals surface area contributed by atoms with Gasteiger partial charge < -0.3 is 10.0 Å². The van der Waals surface area contributed by atoms with Crippen molar-refractivity contribution in [2.45, 2.75) is 32.6 Å². The van der Waals surface area contributed by atoms with Gasteiger partial charge >= 0.3 is 0 Å². The van der Waals surface area contributed by atoms with Crippen LogP contribution < -0.4 is 0 Å². The number of aliphatic hydroxyl groups excluding tert-OH is 1. The fourth-order valence-corrected chi connectivity index (χ4v) is 1.52. The predicted molar refractivity (Wildman–Crippen MR) is 58.4 cm³/mol. The lowest BCUT2D eigenvalue weighted by molar-refractivity contribution is 0.227. The summed E-state index contributed by atoms with van der Waals surface area (Å²) in [6.45, 7) is 5.72. The minimum Gasteiger partial charge on any atom is -0.396 e. The first kappa shape index (κ1) is 13.2. The van der Waals surface area contributed by atoms with Gasteiger partial charge in [0.05, 0.1) is 0 Å². The molecule has 0 amide bonds. The standard InChI is InChI=1S/C10H22ClNO/c1-2-12(9-6-10-13)8-5-3-4-7-11/h13H,2-10H2,1H3. The number of unbranched alkanes of at least 4 members (excludes halogenated alkanes) is 2. The molecule has 0 bridgehead atoms. The Morgan fingerprint density at radius 2 is 1.77 bits per heavy atom. The Balaban J connectivity index is 3.25. The van der Waals surface area contributed by atoms with Crippen LogP contribution in [0.2, 0.25) is 0 Å². The van der Waals surface area contributed by atoms with Gasteiger partial charge in [0.25, 0.3) is 0 Å². The number of hydrogen-bond donors (Lipinski definition) is 1. The van der Waals surface area contributed by atoms with Crippen molar-refractivity contribution >= 4 is 11.6 Å². The summed E-state index contributed by atoms with van der Waals surface area (Å²) in [5.41, 5.74) is 0. The Morgan fingerprint density at radius 3 is 2.31 bits per heavy atom. The number of nitrogens with zero attached hydrogens (tertiary/aromatic N) is 1. The van der Waals surface area contributed by atoms with E-state index in [1.54, 1.807) is 0 Å². The van der Waals surface area contributed by atoms with Crippen LogP contribution in [0.15, 0.2) is 0 Å². The highest BCUT2D eigenvalue weighted by Crippen LogP contribution is 2.00. The molecule has 0 aromatic rings. The second-order valence-corrected chi connectivity index (χ2v) is 3.64. The highest BCUT2D eigenvalue weighted by molar-refractivity contribution is 6.17. The van der Waals surface area contributed by atoms with E-state index in [9.17, 15) is 0 Å². The third kappa shape index (κ3) is 8.54. The van der Waals surface area contributed by atoms with Crippen LogP contribution in [-0.4, -0.2) is 42.1 Å². The van der Waals surface area contributed by atoms with E-state index in [1.807, 2.05) is 0 Å². The van der Waals surface area contributed by atoms with Crippen LogP contribution in [0.5, 0.6) is 0 Å². The van der Waals surface area contributed by atoms with Gasteiger partial charge in [0, 0.05) is 19.0 Å². The lowest BCUT2D eigenvalue weighted by Crippen LogP contribution is -2.26. The summed E-state index contributed by atoms with van der Waals surface area (Å²) < 4.78 is 0. The fourth-order valence-electron chi connectivity index (χ4n) is 1.33. The molecular formula is C10H22ClNO. The molecule has 0 saturated carbocycles. The van der Waals surface area contributed by atoms with Gasteiger partial charge in [-0.25, -0.2) is 0 Å². The summed E-state index contributed by atoms with van der Waals surface area (Å²) in [4.78, 5) is 2.38. The molecule has 13 heavy (non-hydrogen) atoms. The highest BCUT2D eigenvalue weighted by Gasteiger charge is 2.00. The van der Waals surface area contributed by atoms with Gasteiger partial charge in [-0.2, -0.15) is 0 Å². The van der Waals surface area contributed by atoms with Crippen LogP contribution in [0.3, 0.4) is 0 Å². The largest absolute Gasteiger partial charge is 0.396 e. The van der Waals surface area contributed by atoms with E-state index in [0.717, 1.165) is 38.4 Å². The van der Waals surface area contributed by atoms with Crippen LogP contribution in [0.4, 0.5) is 0 Å². The molecule has 0 atom stereocenters. The van der Waals surface area contributed by atoms with Crippen molar-refractivity contribution in [2.24, 2.45) is 0 Å². The molecule has 0 saturated heterocycles. The predicted octanol–water partition coefficient (Wildman–Crippen LogP) is 2.10. The molecule has 3 heteroatoms. The van der Waals surface area contributed by atoms with E-state index >= 15 is 0 Å². The Morgan fingerprint density at radius 1 is 1.08 bits per heavy atom. The number of hydrogen-bond acceptors (Lipinski definition) is 2. The number of aliphatic hydroxyl groups is 1. The van der Waals surface area contributed by atoms with Crippen LogP contribution >= 0.6 is 11.6 Å². The molecule has 0 spiro atoms. The van der Waals surface area contributed by atoms with Gasteiger partial charge in [0.1, 0.15) is 0 Å². The van der Waals surface area contributed by atoms with Crippen molar-refractivity contribution in [3.63, 3.8) is 0 Å². The first-order valence-electron chi connectivity index (χ1n) is 5.24. The Kier molecular flexibility index (Phi) is 10.5. The number of alkyl halides is 1.